The number of hydrogen-bond donors (Lipinski definition) is 1. The topological polar surface area (TPSA) is 47.6 Å². The number of alkyl halides is 2. The van der Waals surface area contributed by atoms with Crippen molar-refractivity contribution in [2.75, 3.05) is 7.11 Å². The third-order valence-corrected chi connectivity index (χ3v) is 3.82. The lowest BCUT2D eigenvalue weighted by molar-refractivity contribution is -0.0512. The van der Waals surface area contributed by atoms with Crippen LogP contribution < -0.4 is 14.8 Å². The molecule has 1 atom stereocenters. The van der Waals surface area contributed by atoms with Gasteiger partial charge in [-0.25, -0.2) is 4.39 Å². The van der Waals surface area contributed by atoms with Gasteiger partial charge in [-0.3, -0.25) is 4.79 Å². The van der Waals surface area contributed by atoms with E-state index in [2.05, 4.69) is 10.1 Å². The smallest absolute Gasteiger partial charge is 0.387 e. The zero-order valence-electron chi connectivity index (χ0n) is 14.6. The minimum atomic E-state index is -2.99. The van der Waals surface area contributed by atoms with Gasteiger partial charge in [0.15, 0.2) is 11.5 Å². The fourth-order valence-corrected chi connectivity index (χ4v) is 2.53. The fourth-order valence-electron chi connectivity index (χ4n) is 2.53. The molecule has 2 rings (SSSR count). The quantitative estimate of drug-likeness (QED) is 0.780. The molecule has 0 radical (unpaired) electrons. The van der Waals surface area contributed by atoms with Gasteiger partial charge < -0.3 is 14.8 Å². The SMILES string of the molecule is COc1cc(C(=O)NC(c2ccc(F)cc2)C(C)C)ccc1OC(F)F. The molecule has 1 unspecified atom stereocenters. The average molecular weight is 367 g/mol. The highest BCUT2D eigenvalue weighted by Gasteiger charge is 2.20. The monoisotopic (exact) mass is 367 g/mol. The third-order valence-electron chi connectivity index (χ3n) is 3.82. The van der Waals surface area contributed by atoms with Gasteiger partial charge in [0.2, 0.25) is 0 Å². The van der Waals surface area contributed by atoms with Crippen LogP contribution in [0.15, 0.2) is 42.5 Å². The number of halogens is 3. The van der Waals surface area contributed by atoms with Gasteiger partial charge in [-0.2, -0.15) is 8.78 Å². The number of ether oxygens (including phenoxy) is 2. The molecule has 0 aliphatic carbocycles. The Bertz CT molecular complexity index is 748. The van der Waals surface area contributed by atoms with E-state index in [0.717, 1.165) is 5.56 Å². The van der Waals surface area contributed by atoms with Gasteiger partial charge in [-0.15, -0.1) is 0 Å². The van der Waals surface area contributed by atoms with E-state index in [-0.39, 0.29) is 34.8 Å². The summed E-state index contributed by atoms with van der Waals surface area (Å²) in [5, 5.41) is 2.87. The van der Waals surface area contributed by atoms with E-state index in [1.807, 2.05) is 13.8 Å². The summed E-state index contributed by atoms with van der Waals surface area (Å²) in [5.41, 5.74) is 0.996. The summed E-state index contributed by atoms with van der Waals surface area (Å²) in [6.07, 6.45) is 0. The molecule has 2 aromatic carbocycles. The first-order valence-electron chi connectivity index (χ1n) is 8.01. The van der Waals surface area contributed by atoms with Crippen LogP contribution in [-0.4, -0.2) is 19.6 Å². The van der Waals surface area contributed by atoms with Crippen LogP contribution in [0.5, 0.6) is 11.5 Å². The Morgan fingerprint density at radius 3 is 2.23 bits per heavy atom. The maximum absolute atomic E-state index is 13.1. The average Bonchev–Trinajstić information content (AvgIpc) is 2.60. The van der Waals surface area contributed by atoms with Gasteiger partial charge in [0.05, 0.1) is 13.2 Å². The van der Waals surface area contributed by atoms with Crippen molar-refractivity contribution in [3.63, 3.8) is 0 Å². The van der Waals surface area contributed by atoms with Crippen molar-refractivity contribution in [1.82, 2.24) is 5.32 Å². The van der Waals surface area contributed by atoms with Crippen LogP contribution in [0.4, 0.5) is 13.2 Å². The summed E-state index contributed by atoms with van der Waals surface area (Å²) in [6, 6.07) is 9.49. The Morgan fingerprint density at radius 2 is 1.69 bits per heavy atom. The summed E-state index contributed by atoms with van der Waals surface area (Å²) in [4.78, 5) is 12.6. The third kappa shape index (κ3) is 4.91. The number of hydrogen-bond acceptors (Lipinski definition) is 3. The fraction of sp³-hybridized carbons (Fsp3) is 0.316. The van der Waals surface area contributed by atoms with Gasteiger partial charge in [-0.1, -0.05) is 26.0 Å². The van der Waals surface area contributed by atoms with Gasteiger partial charge >= 0.3 is 6.61 Å². The van der Waals surface area contributed by atoms with Crippen molar-refractivity contribution in [2.45, 2.75) is 26.5 Å². The lowest BCUT2D eigenvalue weighted by Crippen LogP contribution is -2.31. The van der Waals surface area contributed by atoms with Gasteiger partial charge in [-0.05, 0) is 41.8 Å². The summed E-state index contributed by atoms with van der Waals surface area (Å²) in [6.45, 7) is 0.857. The highest BCUT2D eigenvalue weighted by atomic mass is 19.3. The van der Waals surface area contributed by atoms with Crippen molar-refractivity contribution in [2.24, 2.45) is 5.92 Å². The molecule has 0 saturated carbocycles. The Morgan fingerprint density at radius 1 is 1.04 bits per heavy atom. The Kier molecular flexibility index (Phi) is 6.49. The van der Waals surface area contributed by atoms with Crippen LogP contribution in [0, 0.1) is 11.7 Å². The minimum Gasteiger partial charge on any atom is -0.493 e. The summed E-state index contributed by atoms with van der Waals surface area (Å²) in [7, 11) is 1.30. The molecule has 2 aromatic rings. The molecular weight excluding hydrogens is 347 g/mol. The van der Waals surface area contributed by atoms with Crippen LogP contribution >= 0.6 is 0 Å². The van der Waals surface area contributed by atoms with Crippen molar-refractivity contribution in [1.29, 1.82) is 0 Å². The molecule has 0 aromatic heterocycles. The van der Waals surface area contributed by atoms with E-state index in [9.17, 15) is 18.0 Å². The second-order valence-corrected chi connectivity index (χ2v) is 5.99. The van der Waals surface area contributed by atoms with E-state index in [0.29, 0.717) is 0 Å². The maximum Gasteiger partial charge on any atom is 0.387 e. The predicted molar refractivity (Wildman–Crippen MR) is 91.1 cm³/mol. The highest BCUT2D eigenvalue weighted by Crippen LogP contribution is 2.30. The van der Waals surface area contributed by atoms with Crippen molar-refractivity contribution < 1.29 is 27.4 Å². The molecule has 0 heterocycles. The van der Waals surface area contributed by atoms with Gasteiger partial charge in [0.1, 0.15) is 5.82 Å². The van der Waals surface area contributed by atoms with Crippen LogP contribution in [0.3, 0.4) is 0 Å². The van der Waals surface area contributed by atoms with Gasteiger partial charge in [0, 0.05) is 5.56 Å². The minimum absolute atomic E-state index is 0.0285. The number of nitrogens with one attached hydrogen (secondary N) is 1. The van der Waals surface area contributed by atoms with E-state index in [1.54, 1.807) is 12.1 Å². The van der Waals surface area contributed by atoms with Crippen LogP contribution in [0.1, 0.15) is 35.8 Å². The molecule has 0 bridgehead atoms. The molecule has 1 amide bonds. The van der Waals surface area contributed by atoms with Crippen molar-refractivity contribution in [3.8, 4) is 11.5 Å². The molecule has 140 valence electrons. The molecule has 7 heteroatoms. The standard InChI is InChI=1S/C19H20F3NO3/c1-11(2)17(12-4-7-14(20)8-5-12)23-18(24)13-6-9-15(26-19(21)22)16(10-13)25-3/h4-11,17,19H,1-3H3,(H,23,24). The molecule has 26 heavy (non-hydrogen) atoms. The largest absolute Gasteiger partial charge is 0.493 e. The molecule has 4 nitrogen and oxygen atoms in total. The molecule has 0 spiro atoms. The first-order chi connectivity index (χ1) is 12.3. The summed E-state index contributed by atoms with van der Waals surface area (Å²) in [5.74, 6) is -0.844. The number of methoxy groups -OCH3 is 1. The van der Waals surface area contributed by atoms with Gasteiger partial charge in [0.25, 0.3) is 5.91 Å². The summed E-state index contributed by atoms with van der Waals surface area (Å²) < 4.78 is 47.3. The van der Waals surface area contributed by atoms with E-state index in [4.69, 9.17) is 4.74 Å². The lowest BCUT2D eigenvalue weighted by Gasteiger charge is -2.23. The van der Waals surface area contributed by atoms with Crippen LogP contribution in [0.25, 0.3) is 0 Å². The van der Waals surface area contributed by atoms with Crippen molar-refractivity contribution in [3.05, 3.63) is 59.4 Å². The molecule has 0 fully saturated rings. The zero-order chi connectivity index (χ0) is 19.3. The summed E-state index contributed by atoms with van der Waals surface area (Å²) >= 11 is 0. The Hall–Kier alpha value is -2.70. The number of rotatable bonds is 7. The molecular formula is C19H20F3NO3. The Labute approximate surface area is 149 Å². The lowest BCUT2D eigenvalue weighted by atomic mass is 9.95. The first kappa shape index (κ1) is 19.6. The number of carbonyl (C=O) groups is 1. The van der Waals surface area contributed by atoms with E-state index < -0.39 is 12.5 Å². The van der Waals surface area contributed by atoms with Crippen LogP contribution in [-0.2, 0) is 0 Å². The molecule has 1 N–H and O–H groups in total. The predicted octanol–water partition coefficient (Wildman–Crippen LogP) is 4.56. The van der Waals surface area contributed by atoms with Crippen LogP contribution in [0.2, 0.25) is 0 Å². The maximum atomic E-state index is 13.1. The second kappa shape index (κ2) is 8.60. The molecule has 0 saturated heterocycles. The number of benzene rings is 2. The normalized spacial score (nSPS) is 12.2. The zero-order valence-corrected chi connectivity index (χ0v) is 14.6. The van der Waals surface area contributed by atoms with E-state index in [1.165, 1.54) is 37.4 Å². The first-order valence-corrected chi connectivity index (χ1v) is 8.01. The molecule has 0 aliphatic heterocycles. The van der Waals surface area contributed by atoms with Crippen molar-refractivity contribution >= 4 is 5.91 Å². The highest BCUT2D eigenvalue weighted by molar-refractivity contribution is 5.95. The van der Waals surface area contributed by atoms with E-state index >= 15 is 0 Å². The number of amides is 1. The second-order valence-electron chi connectivity index (χ2n) is 5.99. The Balaban J connectivity index is 2.22. The molecule has 0 aliphatic rings. The number of carbonyl (C=O) groups excluding carboxylic acids is 1.